The van der Waals surface area contributed by atoms with Gasteiger partial charge in [-0.15, -0.1) is 0 Å². The molecule has 0 fully saturated rings. The van der Waals surface area contributed by atoms with E-state index in [4.69, 9.17) is 10.2 Å². The number of carbonyl (C=O) groups is 1. The molecule has 5 heteroatoms. The number of hydrogen-bond acceptors (Lipinski definition) is 4. The highest BCUT2D eigenvalue weighted by Gasteiger charge is 2.14. The molecular formula is C14H16N2O3. The first-order valence-electron chi connectivity index (χ1n) is 5.99. The average Bonchev–Trinajstić information content (AvgIpc) is 2.88. The van der Waals surface area contributed by atoms with Crippen LogP contribution in [-0.2, 0) is 6.54 Å². The molecule has 0 radical (unpaired) electrons. The van der Waals surface area contributed by atoms with E-state index in [-0.39, 0.29) is 18.2 Å². The number of aliphatic hydroxyl groups is 1. The minimum atomic E-state index is -0.660. The third kappa shape index (κ3) is 3.01. The van der Waals surface area contributed by atoms with E-state index in [0.29, 0.717) is 17.0 Å². The van der Waals surface area contributed by atoms with E-state index in [1.807, 2.05) is 0 Å². The molecule has 1 amide bonds. The fourth-order valence-electron chi connectivity index (χ4n) is 1.77. The summed E-state index contributed by atoms with van der Waals surface area (Å²) in [6.45, 7) is 1.89. The molecule has 0 aliphatic rings. The molecule has 1 aromatic heterocycles. The molecule has 1 unspecified atom stereocenters. The second-order valence-electron chi connectivity index (χ2n) is 4.19. The summed E-state index contributed by atoms with van der Waals surface area (Å²) in [7, 11) is 0. The van der Waals surface area contributed by atoms with Gasteiger partial charge in [-0.05, 0) is 25.1 Å². The molecule has 0 bridgehead atoms. The largest absolute Gasteiger partial charge is 0.455 e. The van der Waals surface area contributed by atoms with Gasteiger partial charge >= 0.3 is 0 Å². The van der Waals surface area contributed by atoms with Crippen LogP contribution in [-0.4, -0.2) is 11.0 Å². The molecule has 19 heavy (non-hydrogen) atoms. The topological polar surface area (TPSA) is 88.5 Å². The molecule has 0 saturated heterocycles. The highest BCUT2D eigenvalue weighted by atomic mass is 16.4. The van der Waals surface area contributed by atoms with Crippen LogP contribution >= 0.6 is 0 Å². The molecule has 0 aliphatic carbocycles. The van der Waals surface area contributed by atoms with Crippen molar-refractivity contribution in [2.75, 3.05) is 5.32 Å². The van der Waals surface area contributed by atoms with E-state index in [2.05, 4.69) is 5.32 Å². The number of furan rings is 1. The maximum absolute atomic E-state index is 12.0. The van der Waals surface area contributed by atoms with Gasteiger partial charge in [0.1, 0.15) is 5.76 Å². The van der Waals surface area contributed by atoms with Gasteiger partial charge in [-0.25, -0.2) is 0 Å². The number of nitrogens with one attached hydrogen (secondary N) is 1. The number of aliphatic hydroxyl groups excluding tert-OH is 1. The van der Waals surface area contributed by atoms with Gasteiger partial charge in [-0.1, -0.05) is 18.2 Å². The van der Waals surface area contributed by atoms with Gasteiger partial charge < -0.3 is 20.6 Å². The standard InChI is InChI=1S/C14H16N2O3/c1-9(17)11-4-2-3-5-12(11)16-14(18)13-7-6-10(8-15)19-13/h2-7,9,17H,8,15H2,1H3,(H,16,18). The molecule has 1 atom stereocenters. The van der Waals surface area contributed by atoms with Crippen molar-refractivity contribution >= 4 is 11.6 Å². The lowest BCUT2D eigenvalue weighted by atomic mass is 10.1. The lowest BCUT2D eigenvalue weighted by Gasteiger charge is -2.12. The van der Waals surface area contributed by atoms with E-state index in [9.17, 15) is 9.90 Å². The molecule has 100 valence electrons. The molecule has 2 aromatic rings. The normalized spacial score (nSPS) is 12.2. The fraction of sp³-hybridized carbons (Fsp3) is 0.214. The first-order chi connectivity index (χ1) is 9.11. The summed E-state index contributed by atoms with van der Waals surface area (Å²) in [6.07, 6.45) is -0.660. The number of hydrogen-bond donors (Lipinski definition) is 3. The van der Waals surface area contributed by atoms with Gasteiger partial charge in [0.05, 0.1) is 12.6 Å². The molecule has 1 aromatic carbocycles. The van der Waals surface area contributed by atoms with E-state index < -0.39 is 6.10 Å². The first-order valence-corrected chi connectivity index (χ1v) is 5.99. The van der Waals surface area contributed by atoms with Crippen molar-refractivity contribution in [3.8, 4) is 0 Å². The van der Waals surface area contributed by atoms with Crippen molar-refractivity contribution in [1.82, 2.24) is 0 Å². The SMILES string of the molecule is CC(O)c1ccccc1NC(=O)c1ccc(CN)o1. The summed E-state index contributed by atoms with van der Waals surface area (Å²) in [6, 6.07) is 10.3. The van der Waals surface area contributed by atoms with Crippen LogP contribution in [0.3, 0.4) is 0 Å². The zero-order valence-electron chi connectivity index (χ0n) is 10.6. The Morgan fingerprint density at radius 3 is 2.74 bits per heavy atom. The molecular weight excluding hydrogens is 244 g/mol. The van der Waals surface area contributed by atoms with Crippen LogP contribution in [0.4, 0.5) is 5.69 Å². The summed E-state index contributed by atoms with van der Waals surface area (Å²) < 4.78 is 5.27. The van der Waals surface area contributed by atoms with E-state index in [0.717, 1.165) is 0 Å². The Balaban J connectivity index is 2.19. The lowest BCUT2D eigenvalue weighted by Crippen LogP contribution is -2.13. The van der Waals surface area contributed by atoms with Crippen LogP contribution in [0.15, 0.2) is 40.8 Å². The number of rotatable bonds is 4. The highest BCUT2D eigenvalue weighted by molar-refractivity contribution is 6.02. The summed E-state index contributed by atoms with van der Waals surface area (Å²) in [5, 5.41) is 12.4. The van der Waals surface area contributed by atoms with Crippen LogP contribution in [0.5, 0.6) is 0 Å². The second-order valence-corrected chi connectivity index (χ2v) is 4.19. The number of benzene rings is 1. The van der Waals surface area contributed by atoms with Gasteiger partial charge in [0.15, 0.2) is 5.76 Å². The molecule has 5 nitrogen and oxygen atoms in total. The van der Waals surface area contributed by atoms with Gasteiger partial charge in [0.2, 0.25) is 0 Å². The van der Waals surface area contributed by atoms with Crippen molar-refractivity contribution < 1.29 is 14.3 Å². The minimum absolute atomic E-state index is 0.195. The Hall–Kier alpha value is -2.11. The quantitative estimate of drug-likeness (QED) is 0.785. The number of nitrogens with two attached hydrogens (primary N) is 1. The predicted octanol–water partition coefficient (Wildman–Crippen LogP) is 2.04. The summed E-state index contributed by atoms with van der Waals surface area (Å²) in [4.78, 5) is 12.0. The summed E-state index contributed by atoms with van der Waals surface area (Å²) >= 11 is 0. The Kier molecular flexibility index (Phi) is 3.99. The maximum atomic E-state index is 12.0. The smallest absolute Gasteiger partial charge is 0.291 e. The molecule has 4 N–H and O–H groups in total. The van der Waals surface area contributed by atoms with E-state index in [1.54, 1.807) is 43.3 Å². The second kappa shape index (κ2) is 5.69. The molecule has 0 aliphatic heterocycles. The lowest BCUT2D eigenvalue weighted by molar-refractivity contribution is 0.0994. The van der Waals surface area contributed by atoms with E-state index in [1.165, 1.54) is 0 Å². The zero-order chi connectivity index (χ0) is 13.8. The number of anilines is 1. The number of carbonyl (C=O) groups excluding carboxylic acids is 1. The average molecular weight is 260 g/mol. The maximum Gasteiger partial charge on any atom is 0.291 e. The molecule has 2 rings (SSSR count). The number of amides is 1. The van der Waals surface area contributed by atoms with Gasteiger partial charge in [0, 0.05) is 11.3 Å². The predicted molar refractivity (Wildman–Crippen MR) is 71.6 cm³/mol. The third-order valence-corrected chi connectivity index (χ3v) is 2.75. The monoisotopic (exact) mass is 260 g/mol. The summed E-state index contributed by atoms with van der Waals surface area (Å²) in [5.74, 6) is 0.377. The Morgan fingerprint density at radius 2 is 2.11 bits per heavy atom. The van der Waals surface area contributed by atoms with Gasteiger partial charge in [-0.3, -0.25) is 4.79 Å². The Bertz CT molecular complexity index is 576. The third-order valence-electron chi connectivity index (χ3n) is 2.75. The Labute approximate surface area is 111 Å². The minimum Gasteiger partial charge on any atom is -0.455 e. The van der Waals surface area contributed by atoms with Crippen molar-refractivity contribution in [3.05, 3.63) is 53.5 Å². The van der Waals surface area contributed by atoms with Gasteiger partial charge in [-0.2, -0.15) is 0 Å². The van der Waals surface area contributed by atoms with Crippen LogP contribution in [0, 0.1) is 0 Å². The zero-order valence-corrected chi connectivity index (χ0v) is 10.6. The van der Waals surface area contributed by atoms with Crippen LogP contribution in [0.2, 0.25) is 0 Å². The van der Waals surface area contributed by atoms with E-state index >= 15 is 0 Å². The number of para-hydroxylation sites is 1. The van der Waals surface area contributed by atoms with Crippen molar-refractivity contribution in [1.29, 1.82) is 0 Å². The highest BCUT2D eigenvalue weighted by Crippen LogP contribution is 2.23. The van der Waals surface area contributed by atoms with Crippen LogP contribution in [0.1, 0.15) is 34.9 Å². The van der Waals surface area contributed by atoms with Crippen LogP contribution in [0.25, 0.3) is 0 Å². The molecule has 1 heterocycles. The first kappa shape index (κ1) is 13.3. The molecule has 0 spiro atoms. The van der Waals surface area contributed by atoms with Crippen molar-refractivity contribution in [2.24, 2.45) is 5.73 Å². The summed E-state index contributed by atoms with van der Waals surface area (Å²) in [5.41, 5.74) is 6.64. The fourth-order valence-corrected chi connectivity index (χ4v) is 1.77. The van der Waals surface area contributed by atoms with Crippen molar-refractivity contribution in [3.63, 3.8) is 0 Å². The molecule has 0 saturated carbocycles. The van der Waals surface area contributed by atoms with Crippen LogP contribution < -0.4 is 11.1 Å². The van der Waals surface area contributed by atoms with Gasteiger partial charge in [0.25, 0.3) is 5.91 Å². The Morgan fingerprint density at radius 1 is 1.37 bits per heavy atom. The van der Waals surface area contributed by atoms with Crippen molar-refractivity contribution in [2.45, 2.75) is 19.6 Å².